The normalized spacial score (nSPS) is 21.2. The summed E-state index contributed by atoms with van der Waals surface area (Å²) in [5.74, 6) is -0.162. The summed E-state index contributed by atoms with van der Waals surface area (Å²) in [5.41, 5.74) is 4.03. The second kappa shape index (κ2) is 9.31. The Morgan fingerprint density at radius 2 is 2.16 bits per heavy atom. The van der Waals surface area contributed by atoms with Gasteiger partial charge in [-0.2, -0.15) is 4.68 Å². The monoisotopic (exact) mass is 503 g/mol. The zero-order chi connectivity index (χ0) is 25.6. The molecule has 11 heteroatoms. The Morgan fingerprint density at radius 3 is 2.86 bits per heavy atom. The van der Waals surface area contributed by atoms with Crippen molar-refractivity contribution in [2.24, 2.45) is 5.92 Å². The molecule has 4 heterocycles. The number of carbonyl (C=O) groups excluding carboxylic acids is 2. The van der Waals surface area contributed by atoms with Gasteiger partial charge in [-0.1, -0.05) is 6.07 Å². The summed E-state index contributed by atoms with van der Waals surface area (Å²) in [5, 5.41) is 25.4. The van der Waals surface area contributed by atoms with E-state index in [9.17, 15) is 14.7 Å². The van der Waals surface area contributed by atoms with Crippen molar-refractivity contribution in [3.05, 3.63) is 64.7 Å². The largest absolute Gasteiger partial charge is 0.457 e. The van der Waals surface area contributed by atoms with E-state index in [4.69, 9.17) is 4.74 Å². The molecule has 1 aromatic carbocycles. The number of nitrogens with one attached hydrogen (secondary N) is 1. The summed E-state index contributed by atoms with van der Waals surface area (Å²) >= 11 is 0. The van der Waals surface area contributed by atoms with Crippen LogP contribution in [0.15, 0.2) is 36.8 Å². The van der Waals surface area contributed by atoms with E-state index in [2.05, 4.69) is 30.7 Å². The number of β-amino-alcohol motifs (C(OH)–C–C–N with tert-alkyl or cyclic N) is 1. The highest BCUT2D eigenvalue weighted by atomic mass is 16.5. The summed E-state index contributed by atoms with van der Waals surface area (Å²) < 4.78 is 6.64. The number of hydrogen-bond acceptors (Lipinski definition) is 9. The molecule has 1 saturated carbocycles. The smallest absolute Gasteiger partial charge is 0.338 e. The highest BCUT2D eigenvalue weighted by Gasteiger charge is 2.47. The number of cyclic esters (lactones) is 1. The van der Waals surface area contributed by atoms with E-state index in [0.717, 1.165) is 55.5 Å². The third-order valence-corrected chi connectivity index (χ3v) is 8.25. The first kappa shape index (κ1) is 23.7. The third-order valence-electron chi connectivity index (χ3n) is 8.25. The lowest BCUT2D eigenvalue weighted by Gasteiger charge is -2.47. The number of aliphatic hydroxyl groups is 1. The number of tetrazole rings is 1. The minimum absolute atomic E-state index is 0.174. The summed E-state index contributed by atoms with van der Waals surface area (Å²) in [6, 6.07) is 7.05. The number of aromatic nitrogens is 5. The van der Waals surface area contributed by atoms with Gasteiger partial charge in [-0.05, 0) is 84.8 Å². The standard InChI is InChI=1S/C26H29N7O4/c1-16-19(4-5-20-21(16)14-37-25(20)36)23(34)13-32-10-7-17(12-32)26(8-2-9-26)29-24(35)22-6-3-18(11-27-22)33-15-28-30-31-33/h3-6,11,15,17,23,34H,2,7-10,12-14H2,1H3,(H,29,35). The molecule has 2 fully saturated rings. The Morgan fingerprint density at radius 1 is 1.30 bits per heavy atom. The lowest BCUT2D eigenvalue weighted by atomic mass is 9.67. The van der Waals surface area contributed by atoms with Gasteiger partial charge >= 0.3 is 5.97 Å². The molecule has 1 amide bonds. The second-order valence-electron chi connectivity index (χ2n) is 10.3. The Labute approximate surface area is 213 Å². The first-order valence-electron chi connectivity index (χ1n) is 12.7. The number of rotatable bonds is 7. The van der Waals surface area contributed by atoms with Gasteiger partial charge in [-0.15, -0.1) is 5.10 Å². The maximum Gasteiger partial charge on any atom is 0.338 e. The lowest BCUT2D eigenvalue weighted by molar-refractivity contribution is 0.0534. The Bertz CT molecular complexity index is 1320. The van der Waals surface area contributed by atoms with Crippen LogP contribution in [0.2, 0.25) is 0 Å². The van der Waals surface area contributed by atoms with E-state index in [1.54, 1.807) is 24.4 Å². The molecule has 11 nitrogen and oxygen atoms in total. The molecule has 0 radical (unpaired) electrons. The van der Waals surface area contributed by atoms with Crippen molar-refractivity contribution in [1.82, 2.24) is 35.4 Å². The summed E-state index contributed by atoms with van der Waals surface area (Å²) in [6.07, 6.45) is 6.34. The average Bonchev–Trinajstić information content (AvgIpc) is 3.64. The van der Waals surface area contributed by atoms with Crippen LogP contribution in [0, 0.1) is 12.8 Å². The number of nitrogens with zero attached hydrogens (tertiary/aromatic N) is 6. The minimum Gasteiger partial charge on any atom is -0.457 e. The number of likely N-dealkylation sites (tertiary alicyclic amines) is 1. The number of esters is 1. The molecular weight excluding hydrogens is 474 g/mol. The van der Waals surface area contributed by atoms with Gasteiger partial charge in [0.15, 0.2) is 0 Å². The highest BCUT2D eigenvalue weighted by molar-refractivity contribution is 5.94. The lowest BCUT2D eigenvalue weighted by Crippen LogP contribution is -2.59. The number of hydrogen-bond donors (Lipinski definition) is 2. The molecule has 2 N–H and O–H groups in total. The summed E-state index contributed by atoms with van der Waals surface area (Å²) in [4.78, 5) is 31.5. The molecular formula is C26H29N7O4. The number of aliphatic hydroxyl groups excluding tert-OH is 1. The number of carbonyl (C=O) groups is 2. The molecule has 3 aliphatic rings. The SMILES string of the molecule is Cc1c(C(O)CN2CCC(C3(NC(=O)c4ccc(-n5cnnn5)cn4)CCC3)C2)ccc2c1COC2=O. The second-order valence-corrected chi connectivity index (χ2v) is 10.3. The van der Waals surface area contributed by atoms with E-state index in [-0.39, 0.29) is 24.0 Å². The Balaban J connectivity index is 1.09. The van der Waals surface area contributed by atoms with Crippen LogP contribution in [0.3, 0.4) is 0 Å². The molecule has 2 aromatic heterocycles. The van der Waals surface area contributed by atoms with Crippen LogP contribution in [0.4, 0.5) is 0 Å². The number of pyridine rings is 1. The first-order valence-corrected chi connectivity index (χ1v) is 12.7. The third kappa shape index (κ3) is 4.27. The van der Waals surface area contributed by atoms with Crippen molar-refractivity contribution in [3.8, 4) is 5.69 Å². The number of ether oxygens (including phenoxy) is 1. The van der Waals surface area contributed by atoms with Crippen LogP contribution in [-0.2, 0) is 11.3 Å². The maximum absolute atomic E-state index is 13.1. The van der Waals surface area contributed by atoms with Gasteiger partial charge in [0.1, 0.15) is 18.6 Å². The van der Waals surface area contributed by atoms with Crippen molar-refractivity contribution >= 4 is 11.9 Å². The summed E-state index contributed by atoms with van der Waals surface area (Å²) in [7, 11) is 0. The van der Waals surface area contributed by atoms with E-state index in [1.165, 1.54) is 11.0 Å². The van der Waals surface area contributed by atoms with Gasteiger partial charge in [-0.3, -0.25) is 4.79 Å². The van der Waals surface area contributed by atoms with Crippen LogP contribution in [0.1, 0.15) is 69.3 Å². The Hall–Kier alpha value is -3.70. The van der Waals surface area contributed by atoms with Crippen molar-refractivity contribution < 1.29 is 19.4 Å². The molecule has 2 aliphatic heterocycles. The van der Waals surface area contributed by atoms with Crippen LogP contribution < -0.4 is 5.32 Å². The fourth-order valence-electron chi connectivity index (χ4n) is 5.94. The zero-order valence-corrected chi connectivity index (χ0v) is 20.6. The van der Waals surface area contributed by atoms with E-state index in [1.807, 2.05) is 13.0 Å². The van der Waals surface area contributed by atoms with E-state index in [0.29, 0.717) is 29.4 Å². The molecule has 0 bridgehead atoms. The van der Waals surface area contributed by atoms with Gasteiger partial charge in [-0.25, -0.2) is 9.78 Å². The minimum atomic E-state index is -0.658. The van der Waals surface area contributed by atoms with Crippen LogP contribution in [0.5, 0.6) is 0 Å². The number of fused-ring (bicyclic) bond motifs is 1. The average molecular weight is 504 g/mol. The molecule has 3 aromatic rings. The van der Waals surface area contributed by atoms with E-state index < -0.39 is 6.10 Å². The Kier molecular flexibility index (Phi) is 5.96. The van der Waals surface area contributed by atoms with Gasteiger partial charge < -0.3 is 20.1 Å². The van der Waals surface area contributed by atoms with Gasteiger partial charge in [0, 0.05) is 24.2 Å². The quantitative estimate of drug-likeness (QED) is 0.462. The predicted molar refractivity (Wildman–Crippen MR) is 131 cm³/mol. The molecule has 6 rings (SSSR count). The fraction of sp³-hybridized carbons (Fsp3) is 0.462. The molecule has 2 unspecified atom stereocenters. The van der Waals surface area contributed by atoms with Crippen molar-refractivity contribution in [3.63, 3.8) is 0 Å². The predicted octanol–water partition coefficient (Wildman–Crippen LogP) is 1.74. The van der Waals surface area contributed by atoms with Crippen LogP contribution in [0.25, 0.3) is 5.69 Å². The molecule has 1 aliphatic carbocycles. The highest BCUT2D eigenvalue weighted by Crippen LogP contribution is 2.43. The van der Waals surface area contributed by atoms with Gasteiger partial charge in [0.05, 0.1) is 23.6 Å². The molecule has 37 heavy (non-hydrogen) atoms. The van der Waals surface area contributed by atoms with Crippen molar-refractivity contribution in [1.29, 1.82) is 0 Å². The van der Waals surface area contributed by atoms with Crippen molar-refractivity contribution in [2.45, 2.75) is 50.9 Å². The van der Waals surface area contributed by atoms with Crippen LogP contribution >= 0.6 is 0 Å². The van der Waals surface area contributed by atoms with Gasteiger partial charge in [0.25, 0.3) is 5.91 Å². The number of amides is 1. The summed E-state index contributed by atoms with van der Waals surface area (Å²) in [6.45, 7) is 4.39. The number of benzene rings is 1. The molecule has 1 saturated heterocycles. The molecule has 192 valence electrons. The first-order chi connectivity index (χ1) is 17.9. The van der Waals surface area contributed by atoms with E-state index >= 15 is 0 Å². The molecule has 2 atom stereocenters. The maximum atomic E-state index is 13.1. The zero-order valence-electron chi connectivity index (χ0n) is 20.6. The molecule has 0 spiro atoms. The van der Waals surface area contributed by atoms with Gasteiger partial charge in [0.2, 0.25) is 0 Å². The fourth-order valence-corrected chi connectivity index (χ4v) is 5.94. The van der Waals surface area contributed by atoms with Crippen molar-refractivity contribution in [2.75, 3.05) is 19.6 Å². The topological polar surface area (TPSA) is 135 Å². The van der Waals surface area contributed by atoms with Crippen LogP contribution in [-0.4, -0.2) is 72.2 Å².